The highest BCUT2D eigenvalue weighted by atomic mass is 32.2. The topological polar surface area (TPSA) is 31.6 Å². The van der Waals surface area contributed by atoms with Gasteiger partial charge in [0.25, 0.3) is 0 Å². The Bertz CT molecular complexity index is 470. The van der Waals surface area contributed by atoms with Crippen molar-refractivity contribution in [1.29, 1.82) is 0 Å². The zero-order chi connectivity index (χ0) is 9.26. The molecule has 13 heavy (non-hydrogen) atoms. The fourth-order valence-electron chi connectivity index (χ4n) is 1.34. The number of aromatic amines is 2. The Hall–Kier alpha value is -0.740. The summed E-state index contributed by atoms with van der Waals surface area (Å²) in [6.45, 7) is 0. The van der Waals surface area contributed by atoms with Crippen LogP contribution in [0.15, 0.2) is 18.2 Å². The van der Waals surface area contributed by atoms with E-state index in [-0.39, 0.29) is 0 Å². The van der Waals surface area contributed by atoms with Crippen molar-refractivity contribution >= 4 is 35.0 Å². The van der Waals surface area contributed by atoms with E-state index in [2.05, 4.69) is 34.4 Å². The first kappa shape index (κ1) is 8.84. The lowest BCUT2D eigenvalue weighted by atomic mass is 10.2. The maximum Gasteiger partial charge on any atom is 0.175 e. The second-order valence-electron chi connectivity index (χ2n) is 2.89. The van der Waals surface area contributed by atoms with Crippen LogP contribution in [0.2, 0.25) is 0 Å². The molecular formula is C9H10N2S2. The highest BCUT2D eigenvalue weighted by Gasteiger charge is 1.97. The second kappa shape index (κ2) is 3.55. The minimum Gasteiger partial charge on any atom is -0.331 e. The van der Waals surface area contributed by atoms with Gasteiger partial charge in [-0.25, -0.2) is 0 Å². The molecule has 0 amide bonds. The Morgan fingerprint density at radius 3 is 2.85 bits per heavy atom. The molecule has 0 saturated carbocycles. The van der Waals surface area contributed by atoms with Gasteiger partial charge in [-0.15, -0.1) is 0 Å². The van der Waals surface area contributed by atoms with Crippen molar-refractivity contribution in [3.05, 3.63) is 28.5 Å². The summed E-state index contributed by atoms with van der Waals surface area (Å²) in [5.41, 5.74) is 3.50. The van der Waals surface area contributed by atoms with Crippen LogP contribution in [0.4, 0.5) is 0 Å². The molecule has 4 heteroatoms. The molecule has 0 saturated heterocycles. The fourth-order valence-corrected chi connectivity index (χ4v) is 2.07. The highest BCUT2D eigenvalue weighted by molar-refractivity contribution is 7.97. The summed E-state index contributed by atoms with van der Waals surface area (Å²) in [5, 5.41) is 0. The quantitative estimate of drug-likeness (QED) is 0.746. The number of H-pyrrole nitrogens is 2. The number of rotatable bonds is 2. The summed E-state index contributed by atoms with van der Waals surface area (Å²) in [5.74, 6) is 1.04. The number of aromatic nitrogens is 2. The van der Waals surface area contributed by atoms with Crippen LogP contribution in [0.3, 0.4) is 0 Å². The first-order valence-electron chi connectivity index (χ1n) is 3.99. The summed E-state index contributed by atoms with van der Waals surface area (Å²) >= 11 is 6.82. The van der Waals surface area contributed by atoms with Crippen molar-refractivity contribution in [1.82, 2.24) is 9.97 Å². The Morgan fingerprint density at radius 2 is 2.08 bits per heavy atom. The number of hydrogen-bond donors (Lipinski definition) is 2. The van der Waals surface area contributed by atoms with Gasteiger partial charge < -0.3 is 9.97 Å². The van der Waals surface area contributed by atoms with Gasteiger partial charge in [-0.1, -0.05) is 6.07 Å². The van der Waals surface area contributed by atoms with E-state index >= 15 is 0 Å². The van der Waals surface area contributed by atoms with E-state index in [4.69, 9.17) is 12.2 Å². The third-order valence-electron chi connectivity index (χ3n) is 1.89. The van der Waals surface area contributed by atoms with Crippen molar-refractivity contribution in [2.75, 3.05) is 6.26 Å². The molecule has 2 N–H and O–H groups in total. The Balaban J connectivity index is 2.54. The van der Waals surface area contributed by atoms with Gasteiger partial charge in [-0.05, 0) is 36.2 Å². The number of thioether (sulfide) groups is 1. The van der Waals surface area contributed by atoms with E-state index in [9.17, 15) is 0 Å². The van der Waals surface area contributed by atoms with Gasteiger partial charge >= 0.3 is 0 Å². The Labute approximate surface area is 85.8 Å². The smallest absolute Gasteiger partial charge is 0.175 e. The lowest BCUT2D eigenvalue weighted by molar-refractivity contribution is 1.30. The maximum atomic E-state index is 5.00. The zero-order valence-electron chi connectivity index (χ0n) is 7.26. The van der Waals surface area contributed by atoms with E-state index < -0.39 is 0 Å². The van der Waals surface area contributed by atoms with E-state index in [0.29, 0.717) is 4.77 Å². The van der Waals surface area contributed by atoms with Crippen LogP contribution in [0.1, 0.15) is 5.56 Å². The molecule has 0 atom stereocenters. The standard InChI is InChI=1S/C9H10N2S2/c1-13-5-6-2-3-7-8(4-6)11-9(12)10-7/h2-4H,5H2,1H3,(H2,10,11,12). The SMILES string of the molecule is CSCc1ccc2[nH]c(=S)[nH]c2c1. The van der Waals surface area contributed by atoms with E-state index in [0.717, 1.165) is 16.8 Å². The number of imidazole rings is 1. The summed E-state index contributed by atoms with van der Waals surface area (Å²) in [6, 6.07) is 6.32. The van der Waals surface area contributed by atoms with Gasteiger partial charge in [-0.3, -0.25) is 0 Å². The molecule has 0 radical (unpaired) electrons. The first-order valence-corrected chi connectivity index (χ1v) is 5.79. The van der Waals surface area contributed by atoms with Crippen molar-refractivity contribution < 1.29 is 0 Å². The minimum absolute atomic E-state index is 0.691. The minimum atomic E-state index is 0.691. The Kier molecular flexibility index (Phi) is 2.42. The summed E-state index contributed by atoms with van der Waals surface area (Å²) in [7, 11) is 0. The van der Waals surface area contributed by atoms with Gasteiger partial charge in [0.05, 0.1) is 11.0 Å². The average Bonchev–Trinajstić information content (AvgIpc) is 2.44. The van der Waals surface area contributed by atoms with Gasteiger partial charge in [0.15, 0.2) is 4.77 Å². The fraction of sp³-hybridized carbons (Fsp3) is 0.222. The average molecular weight is 210 g/mol. The molecule has 68 valence electrons. The highest BCUT2D eigenvalue weighted by Crippen LogP contribution is 2.15. The molecule has 2 aromatic rings. The Morgan fingerprint density at radius 1 is 1.31 bits per heavy atom. The van der Waals surface area contributed by atoms with Crippen LogP contribution >= 0.6 is 24.0 Å². The predicted octanol–water partition coefficient (Wildman–Crippen LogP) is 3.09. The van der Waals surface area contributed by atoms with E-state index in [1.54, 1.807) is 0 Å². The van der Waals surface area contributed by atoms with Crippen molar-refractivity contribution in [2.45, 2.75) is 5.75 Å². The maximum absolute atomic E-state index is 5.00. The lowest BCUT2D eigenvalue weighted by Gasteiger charge is -1.96. The van der Waals surface area contributed by atoms with Gasteiger partial charge in [0, 0.05) is 5.75 Å². The summed E-state index contributed by atoms with van der Waals surface area (Å²) < 4.78 is 0.691. The molecule has 1 aromatic carbocycles. The number of fused-ring (bicyclic) bond motifs is 1. The third-order valence-corrected chi connectivity index (χ3v) is 2.72. The van der Waals surface area contributed by atoms with E-state index in [1.165, 1.54) is 5.56 Å². The molecule has 0 fully saturated rings. The number of nitrogens with one attached hydrogen (secondary N) is 2. The molecule has 1 heterocycles. The number of benzene rings is 1. The van der Waals surface area contributed by atoms with Gasteiger partial charge in [0.1, 0.15) is 0 Å². The lowest BCUT2D eigenvalue weighted by Crippen LogP contribution is -1.79. The molecule has 1 aromatic heterocycles. The largest absolute Gasteiger partial charge is 0.331 e. The van der Waals surface area contributed by atoms with Gasteiger partial charge in [0.2, 0.25) is 0 Å². The van der Waals surface area contributed by atoms with Crippen molar-refractivity contribution in [2.24, 2.45) is 0 Å². The first-order chi connectivity index (χ1) is 6.29. The van der Waals surface area contributed by atoms with Crippen LogP contribution < -0.4 is 0 Å². The predicted molar refractivity (Wildman–Crippen MR) is 60.7 cm³/mol. The summed E-state index contributed by atoms with van der Waals surface area (Å²) in [6.07, 6.45) is 2.10. The molecular weight excluding hydrogens is 200 g/mol. The summed E-state index contributed by atoms with van der Waals surface area (Å²) in [4.78, 5) is 6.19. The van der Waals surface area contributed by atoms with Crippen LogP contribution in [0.25, 0.3) is 11.0 Å². The molecule has 2 nitrogen and oxygen atoms in total. The van der Waals surface area contributed by atoms with Gasteiger partial charge in [-0.2, -0.15) is 11.8 Å². The van der Waals surface area contributed by atoms with Crippen LogP contribution in [-0.2, 0) is 5.75 Å². The van der Waals surface area contributed by atoms with Crippen LogP contribution in [-0.4, -0.2) is 16.2 Å². The molecule has 0 aliphatic carbocycles. The molecule has 0 bridgehead atoms. The van der Waals surface area contributed by atoms with Crippen molar-refractivity contribution in [3.63, 3.8) is 0 Å². The van der Waals surface area contributed by atoms with Crippen LogP contribution in [0, 0.1) is 4.77 Å². The van der Waals surface area contributed by atoms with E-state index in [1.807, 2.05) is 11.8 Å². The molecule has 0 unspecified atom stereocenters. The third kappa shape index (κ3) is 1.78. The molecule has 0 aliphatic heterocycles. The number of hydrogen-bond acceptors (Lipinski definition) is 2. The normalized spacial score (nSPS) is 10.8. The second-order valence-corrected chi connectivity index (χ2v) is 4.17. The monoisotopic (exact) mass is 210 g/mol. The molecule has 2 rings (SSSR count). The molecule has 0 spiro atoms. The zero-order valence-corrected chi connectivity index (χ0v) is 8.89. The van der Waals surface area contributed by atoms with Crippen molar-refractivity contribution in [3.8, 4) is 0 Å². The van der Waals surface area contributed by atoms with Crippen LogP contribution in [0.5, 0.6) is 0 Å². The molecule has 0 aliphatic rings.